The second kappa shape index (κ2) is 7.63. The molecular formula is C12H16F3N3O. The Balaban J connectivity index is 4.95. The fraction of sp³-hybridized carbons (Fsp3) is 0.750. The van der Waals surface area contributed by atoms with Crippen molar-refractivity contribution in [2.45, 2.75) is 45.2 Å². The SMILES string of the molecule is CCCC(CC(C#N)(C#N)CCC(F)(F)F)=NOC. The van der Waals surface area contributed by atoms with Crippen molar-refractivity contribution in [2.24, 2.45) is 10.6 Å². The van der Waals surface area contributed by atoms with Gasteiger partial charge in [-0.1, -0.05) is 18.5 Å². The van der Waals surface area contributed by atoms with Gasteiger partial charge in [-0.2, -0.15) is 23.7 Å². The molecule has 0 spiro atoms. The predicted octanol–water partition coefficient (Wildman–Crippen LogP) is 3.56. The van der Waals surface area contributed by atoms with E-state index in [2.05, 4.69) is 9.99 Å². The molecule has 106 valence electrons. The van der Waals surface area contributed by atoms with E-state index in [0.717, 1.165) is 0 Å². The number of alkyl halides is 3. The predicted molar refractivity (Wildman–Crippen MR) is 62.9 cm³/mol. The van der Waals surface area contributed by atoms with Gasteiger partial charge in [0.15, 0.2) is 0 Å². The molecule has 0 atom stereocenters. The lowest BCUT2D eigenvalue weighted by Crippen LogP contribution is -2.24. The molecule has 0 unspecified atom stereocenters. The van der Waals surface area contributed by atoms with Gasteiger partial charge in [0.2, 0.25) is 0 Å². The summed E-state index contributed by atoms with van der Waals surface area (Å²) < 4.78 is 36.7. The molecule has 0 radical (unpaired) electrons. The zero-order valence-corrected chi connectivity index (χ0v) is 10.9. The van der Waals surface area contributed by atoms with Crippen LogP contribution in [0.2, 0.25) is 0 Å². The number of nitrogens with zero attached hydrogens (tertiary/aromatic N) is 3. The van der Waals surface area contributed by atoms with Crippen LogP contribution < -0.4 is 0 Å². The third-order valence-electron chi connectivity index (χ3n) is 2.53. The van der Waals surface area contributed by atoms with Crippen molar-refractivity contribution in [3.8, 4) is 12.1 Å². The Bertz CT molecular complexity index is 376. The molecule has 0 aromatic carbocycles. The van der Waals surface area contributed by atoms with Crippen LogP contribution in [0.15, 0.2) is 5.16 Å². The number of hydrogen-bond donors (Lipinski definition) is 0. The second-order valence-corrected chi connectivity index (χ2v) is 4.19. The van der Waals surface area contributed by atoms with E-state index >= 15 is 0 Å². The normalized spacial score (nSPS) is 12.7. The summed E-state index contributed by atoms with van der Waals surface area (Å²) in [6, 6.07) is 3.38. The molecule has 7 heteroatoms. The van der Waals surface area contributed by atoms with Crippen LogP contribution in [0.5, 0.6) is 0 Å². The van der Waals surface area contributed by atoms with E-state index < -0.39 is 24.4 Å². The van der Waals surface area contributed by atoms with Gasteiger partial charge < -0.3 is 4.84 Å². The molecule has 0 aliphatic carbocycles. The standard InChI is InChI=1S/C12H16F3N3O/c1-3-4-10(18-19-2)7-11(8-16,9-17)5-6-12(13,14)15/h3-7H2,1-2H3. The highest BCUT2D eigenvalue weighted by atomic mass is 19.4. The van der Waals surface area contributed by atoms with Crippen molar-refractivity contribution >= 4 is 5.71 Å². The highest BCUT2D eigenvalue weighted by Crippen LogP contribution is 2.33. The van der Waals surface area contributed by atoms with Crippen LogP contribution in [-0.4, -0.2) is 19.0 Å². The van der Waals surface area contributed by atoms with E-state index in [4.69, 9.17) is 10.5 Å². The van der Waals surface area contributed by atoms with Crippen LogP contribution in [0.3, 0.4) is 0 Å². The maximum atomic E-state index is 12.2. The van der Waals surface area contributed by atoms with Crippen LogP contribution in [0.25, 0.3) is 0 Å². The molecule has 0 aromatic heterocycles. The van der Waals surface area contributed by atoms with E-state index in [0.29, 0.717) is 18.6 Å². The van der Waals surface area contributed by atoms with E-state index in [1.807, 2.05) is 6.92 Å². The van der Waals surface area contributed by atoms with Crippen LogP contribution in [0, 0.1) is 28.1 Å². The first-order valence-corrected chi connectivity index (χ1v) is 5.80. The summed E-state index contributed by atoms with van der Waals surface area (Å²) in [7, 11) is 1.31. The minimum absolute atomic E-state index is 0.127. The van der Waals surface area contributed by atoms with Gasteiger partial charge in [-0.15, -0.1) is 0 Å². The van der Waals surface area contributed by atoms with Crippen molar-refractivity contribution in [3.63, 3.8) is 0 Å². The van der Waals surface area contributed by atoms with Gasteiger partial charge in [-0.25, -0.2) is 0 Å². The van der Waals surface area contributed by atoms with Crippen LogP contribution in [0.4, 0.5) is 13.2 Å². The fourth-order valence-corrected chi connectivity index (χ4v) is 1.59. The van der Waals surface area contributed by atoms with Crippen molar-refractivity contribution in [1.82, 2.24) is 0 Å². The highest BCUT2D eigenvalue weighted by Gasteiger charge is 2.37. The lowest BCUT2D eigenvalue weighted by atomic mass is 9.80. The third-order valence-corrected chi connectivity index (χ3v) is 2.53. The summed E-state index contributed by atoms with van der Waals surface area (Å²) in [5.41, 5.74) is -1.28. The van der Waals surface area contributed by atoms with Crippen LogP contribution in [-0.2, 0) is 4.84 Å². The number of rotatable bonds is 7. The first-order chi connectivity index (χ1) is 8.82. The van der Waals surface area contributed by atoms with Gasteiger partial charge in [0.25, 0.3) is 0 Å². The van der Waals surface area contributed by atoms with Gasteiger partial charge in [0.05, 0.1) is 17.9 Å². The van der Waals surface area contributed by atoms with Crippen LogP contribution >= 0.6 is 0 Å². The van der Waals surface area contributed by atoms with Crippen molar-refractivity contribution < 1.29 is 18.0 Å². The largest absolute Gasteiger partial charge is 0.399 e. The molecule has 0 rings (SSSR count). The summed E-state index contributed by atoms with van der Waals surface area (Å²) >= 11 is 0. The molecular weight excluding hydrogens is 259 g/mol. The molecule has 0 N–H and O–H groups in total. The molecule has 0 heterocycles. The number of hydrogen-bond acceptors (Lipinski definition) is 4. The molecule has 19 heavy (non-hydrogen) atoms. The van der Waals surface area contributed by atoms with Gasteiger partial charge in [0, 0.05) is 12.8 Å². The maximum absolute atomic E-state index is 12.2. The zero-order valence-electron chi connectivity index (χ0n) is 10.9. The molecule has 0 amide bonds. The van der Waals surface area contributed by atoms with Gasteiger partial charge in [-0.3, -0.25) is 0 Å². The summed E-state index contributed by atoms with van der Waals surface area (Å²) in [4.78, 5) is 4.58. The Hall–Kier alpha value is -1.76. The molecule has 4 nitrogen and oxygen atoms in total. The molecule has 0 aliphatic rings. The van der Waals surface area contributed by atoms with Crippen molar-refractivity contribution in [1.29, 1.82) is 10.5 Å². The minimum atomic E-state index is -4.39. The minimum Gasteiger partial charge on any atom is -0.399 e. The van der Waals surface area contributed by atoms with Gasteiger partial charge in [0.1, 0.15) is 12.5 Å². The molecule has 0 fully saturated rings. The van der Waals surface area contributed by atoms with E-state index in [-0.39, 0.29) is 6.42 Å². The first kappa shape index (κ1) is 17.2. The van der Waals surface area contributed by atoms with Gasteiger partial charge in [-0.05, 0) is 12.8 Å². The average molecular weight is 275 g/mol. The van der Waals surface area contributed by atoms with E-state index in [9.17, 15) is 13.2 Å². The number of nitriles is 2. The Labute approximate surface area is 110 Å². The average Bonchev–Trinajstić information content (AvgIpc) is 2.34. The van der Waals surface area contributed by atoms with E-state index in [1.54, 1.807) is 12.1 Å². The lowest BCUT2D eigenvalue weighted by molar-refractivity contribution is -0.138. The zero-order chi connectivity index (χ0) is 14.9. The van der Waals surface area contributed by atoms with Crippen LogP contribution in [0.1, 0.15) is 39.0 Å². The molecule has 0 aliphatic heterocycles. The number of halogens is 3. The summed E-state index contributed by atoms with van der Waals surface area (Å²) in [6.07, 6.45) is -5.06. The topological polar surface area (TPSA) is 69.2 Å². The number of oxime groups is 1. The first-order valence-electron chi connectivity index (χ1n) is 5.80. The fourth-order valence-electron chi connectivity index (χ4n) is 1.59. The molecule has 0 bridgehead atoms. The Morgan fingerprint density at radius 2 is 1.79 bits per heavy atom. The summed E-state index contributed by atoms with van der Waals surface area (Å²) in [5.74, 6) is 0. The second-order valence-electron chi connectivity index (χ2n) is 4.19. The van der Waals surface area contributed by atoms with Crippen molar-refractivity contribution in [3.05, 3.63) is 0 Å². The smallest absolute Gasteiger partial charge is 0.389 e. The Morgan fingerprint density at radius 3 is 2.16 bits per heavy atom. The van der Waals surface area contributed by atoms with Crippen molar-refractivity contribution in [2.75, 3.05) is 7.11 Å². The maximum Gasteiger partial charge on any atom is 0.389 e. The summed E-state index contributed by atoms with van der Waals surface area (Å²) in [5, 5.41) is 21.7. The Morgan fingerprint density at radius 1 is 1.21 bits per heavy atom. The molecule has 0 aromatic rings. The Kier molecular flexibility index (Phi) is 6.92. The summed E-state index contributed by atoms with van der Waals surface area (Å²) in [6.45, 7) is 1.86. The van der Waals surface area contributed by atoms with E-state index in [1.165, 1.54) is 7.11 Å². The monoisotopic (exact) mass is 275 g/mol. The molecule has 0 saturated heterocycles. The third kappa shape index (κ3) is 6.66. The molecule has 0 saturated carbocycles. The van der Waals surface area contributed by atoms with Gasteiger partial charge >= 0.3 is 6.18 Å². The lowest BCUT2D eigenvalue weighted by Gasteiger charge is -2.19. The highest BCUT2D eigenvalue weighted by molar-refractivity contribution is 5.85. The quantitative estimate of drug-likeness (QED) is 0.527.